The van der Waals surface area contributed by atoms with E-state index in [-0.39, 0.29) is 11.1 Å². The van der Waals surface area contributed by atoms with E-state index in [1.165, 1.54) is 0 Å². The minimum atomic E-state index is -4.62. The second kappa shape index (κ2) is 4.57. The number of Topliss-reactive ketones (excluding diaryl/α,β-unsaturated/α-hetero) is 1. The molecule has 0 heterocycles. The Hall–Kier alpha value is -1.85. The Kier molecular flexibility index (Phi) is 3.55. The van der Waals surface area contributed by atoms with E-state index in [9.17, 15) is 22.8 Å². The molecule has 0 aliphatic rings. The van der Waals surface area contributed by atoms with Crippen molar-refractivity contribution in [1.82, 2.24) is 0 Å². The molecule has 1 aromatic rings. The summed E-state index contributed by atoms with van der Waals surface area (Å²) in [7, 11) is 1.05. The Labute approximate surface area is 95.2 Å². The van der Waals surface area contributed by atoms with Crippen molar-refractivity contribution in [2.24, 2.45) is 0 Å². The average molecular weight is 246 g/mol. The van der Waals surface area contributed by atoms with Crippen molar-refractivity contribution in [3.05, 3.63) is 34.9 Å². The van der Waals surface area contributed by atoms with Gasteiger partial charge in [0.25, 0.3) is 0 Å². The van der Waals surface area contributed by atoms with Gasteiger partial charge in [-0.1, -0.05) is 0 Å². The lowest BCUT2D eigenvalue weighted by atomic mass is 10.0. The first-order chi connectivity index (χ1) is 7.75. The van der Waals surface area contributed by atoms with Crippen LogP contribution in [0.15, 0.2) is 18.2 Å². The average Bonchev–Trinajstić information content (AvgIpc) is 2.26. The first kappa shape index (κ1) is 13.2. The number of carbonyl (C=O) groups excluding carboxylic acids is 2. The highest BCUT2D eigenvalue weighted by molar-refractivity contribution is 5.98. The van der Waals surface area contributed by atoms with Crippen LogP contribution in [0.1, 0.15) is 33.2 Å². The van der Waals surface area contributed by atoms with Crippen molar-refractivity contribution in [2.75, 3.05) is 7.11 Å². The van der Waals surface area contributed by atoms with Crippen LogP contribution in [-0.2, 0) is 10.9 Å². The van der Waals surface area contributed by atoms with E-state index in [1.807, 2.05) is 0 Å². The number of rotatable bonds is 2. The van der Waals surface area contributed by atoms with Crippen LogP contribution in [0.4, 0.5) is 13.2 Å². The molecule has 3 nitrogen and oxygen atoms in total. The van der Waals surface area contributed by atoms with E-state index in [4.69, 9.17) is 0 Å². The van der Waals surface area contributed by atoms with Crippen LogP contribution in [-0.4, -0.2) is 18.9 Å². The molecule has 0 N–H and O–H groups in total. The minimum Gasteiger partial charge on any atom is -0.465 e. The number of methoxy groups -OCH3 is 1. The number of ketones is 1. The van der Waals surface area contributed by atoms with Gasteiger partial charge in [0, 0.05) is 5.56 Å². The standard InChI is InChI=1S/C11H9F3O3/c1-6(15)7-3-8(10(16)17-2)5-9(4-7)11(12,13)14/h3-5H,1-2H3. The van der Waals surface area contributed by atoms with Gasteiger partial charge in [-0.05, 0) is 25.1 Å². The highest BCUT2D eigenvalue weighted by Gasteiger charge is 2.32. The smallest absolute Gasteiger partial charge is 0.416 e. The maximum Gasteiger partial charge on any atom is 0.416 e. The van der Waals surface area contributed by atoms with E-state index in [1.54, 1.807) is 0 Å². The molecule has 1 rings (SSSR count). The molecule has 1 aromatic carbocycles. The molecule has 0 aromatic heterocycles. The number of esters is 1. The molecule has 92 valence electrons. The fraction of sp³-hybridized carbons (Fsp3) is 0.273. The van der Waals surface area contributed by atoms with E-state index in [0.29, 0.717) is 12.1 Å². The van der Waals surface area contributed by atoms with Gasteiger partial charge in [0.1, 0.15) is 0 Å². The number of hydrogen-bond acceptors (Lipinski definition) is 3. The number of ether oxygens (including phenoxy) is 1. The summed E-state index contributed by atoms with van der Waals surface area (Å²) >= 11 is 0. The number of halogens is 3. The van der Waals surface area contributed by atoms with Crippen LogP contribution < -0.4 is 0 Å². The fourth-order valence-corrected chi connectivity index (χ4v) is 1.23. The summed E-state index contributed by atoms with van der Waals surface area (Å²) in [6.07, 6.45) is -4.62. The number of benzene rings is 1. The maximum absolute atomic E-state index is 12.5. The van der Waals surface area contributed by atoms with Crippen molar-refractivity contribution in [1.29, 1.82) is 0 Å². The zero-order valence-corrected chi connectivity index (χ0v) is 9.09. The molecule has 0 saturated heterocycles. The Morgan fingerprint density at radius 3 is 2.06 bits per heavy atom. The number of hydrogen-bond donors (Lipinski definition) is 0. The highest BCUT2D eigenvalue weighted by atomic mass is 19.4. The van der Waals surface area contributed by atoms with Crippen LogP contribution in [0.25, 0.3) is 0 Å². The highest BCUT2D eigenvalue weighted by Crippen LogP contribution is 2.31. The van der Waals surface area contributed by atoms with E-state index < -0.39 is 23.5 Å². The molecule has 0 atom stereocenters. The van der Waals surface area contributed by atoms with Crippen LogP contribution in [0, 0.1) is 0 Å². The number of carbonyl (C=O) groups is 2. The van der Waals surface area contributed by atoms with E-state index >= 15 is 0 Å². The molecule has 0 spiro atoms. The molecular weight excluding hydrogens is 237 g/mol. The maximum atomic E-state index is 12.5. The molecular formula is C11H9F3O3. The van der Waals surface area contributed by atoms with Crippen molar-refractivity contribution < 1.29 is 27.5 Å². The van der Waals surface area contributed by atoms with Gasteiger partial charge in [-0.3, -0.25) is 4.79 Å². The van der Waals surface area contributed by atoms with Gasteiger partial charge in [0.05, 0.1) is 18.2 Å². The Morgan fingerprint density at radius 2 is 1.65 bits per heavy atom. The third-order valence-electron chi connectivity index (χ3n) is 2.09. The largest absolute Gasteiger partial charge is 0.465 e. The molecule has 0 radical (unpaired) electrons. The summed E-state index contributed by atoms with van der Waals surface area (Å²) in [5, 5.41) is 0. The third kappa shape index (κ3) is 3.05. The van der Waals surface area contributed by atoms with Crippen LogP contribution in [0.3, 0.4) is 0 Å². The Balaban J connectivity index is 3.39. The first-order valence-corrected chi connectivity index (χ1v) is 4.57. The Morgan fingerprint density at radius 1 is 1.12 bits per heavy atom. The van der Waals surface area contributed by atoms with Crippen molar-refractivity contribution in [3.63, 3.8) is 0 Å². The molecule has 0 saturated carbocycles. The summed E-state index contributed by atoms with van der Waals surface area (Å²) < 4.78 is 41.9. The lowest BCUT2D eigenvalue weighted by molar-refractivity contribution is -0.137. The van der Waals surface area contributed by atoms with Crippen LogP contribution in [0.5, 0.6) is 0 Å². The topological polar surface area (TPSA) is 43.4 Å². The van der Waals surface area contributed by atoms with Crippen molar-refractivity contribution in [2.45, 2.75) is 13.1 Å². The van der Waals surface area contributed by atoms with Gasteiger partial charge in [-0.25, -0.2) is 4.79 Å². The second-order valence-electron chi connectivity index (χ2n) is 3.34. The summed E-state index contributed by atoms with van der Waals surface area (Å²) in [6.45, 7) is 1.12. The van der Waals surface area contributed by atoms with Gasteiger partial charge >= 0.3 is 12.1 Å². The quantitative estimate of drug-likeness (QED) is 0.595. The van der Waals surface area contributed by atoms with Gasteiger partial charge in [-0.2, -0.15) is 13.2 Å². The Bertz CT molecular complexity index is 464. The van der Waals surface area contributed by atoms with E-state index in [2.05, 4.69) is 4.74 Å². The van der Waals surface area contributed by atoms with Crippen LogP contribution in [0.2, 0.25) is 0 Å². The first-order valence-electron chi connectivity index (χ1n) is 4.57. The van der Waals surface area contributed by atoms with Crippen molar-refractivity contribution >= 4 is 11.8 Å². The predicted octanol–water partition coefficient (Wildman–Crippen LogP) is 2.69. The van der Waals surface area contributed by atoms with Gasteiger partial charge in [-0.15, -0.1) is 0 Å². The van der Waals surface area contributed by atoms with Crippen LogP contribution >= 0.6 is 0 Å². The molecule has 6 heteroatoms. The lowest BCUT2D eigenvalue weighted by Crippen LogP contribution is -2.11. The molecule has 0 fully saturated rings. The lowest BCUT2D eigenvalue weighted by Gasteiger charge is -2.10. The molecule has 0 amide bonds. The van der Waals surface area contributed by atoms with Gasteiger partial charge < -0.3 is 4.74 Å². The summed E-state index contributed by atoms with van der Waals surface area (Å²) in [5.74, 6) is -1.47. The minimum absolute atomic E-state index is 0.180. The summed E-state index contributed by atoms with van der Waals surface area (Å²) in [5.41, 5.74) is -1.53. The normalized spacial score (nSPS) is 11.1. The fourth-order valence-electron chi connectivity index (χ4n) is 1.23. The molecule has 0 aliphatic carbocycles. The van der Waals surface area contributed by atoms with Crippen molar-refractivity contribution in [3.8, 4) is 0 Å². The monoisotopic (exact) mass is 246 g/mol. The molecule has 0 aliphatic heterocycles. The molecule has 0 unspecified atom stereocenters. The summed E-state index contributed by atoms with van der Waals surface area (Å²) in [4.78, 5) is 22.2. The SMILES string of the molecule is COC(=O)c1cc(C(C)=O)cc(C(F)(F)F)c1. The van der Waals surface area contributed by atoms with Gasteiger partial charge in [0.15, 0.2) is 5.78 Å². The zero-order valence-electron chi connectivity index (χ0n) is 9.09. The van der Waals surface area contributed by atoms with Gasteiger partial charge in [0.2, 0.25) is 0 Å². The molecule has 0 bridgehead atoms. The summed E-state index contributed by atoms with van der Waals surface area (Å²) in [6, 6.07) is 2.43. The number of alkyl halides is 3. The molecule has 17 heavy (non-hydrogen) atoms. The predicted molar refractivity (Wildman–Crippen MR) is 52.8 cm³/mol. The third-order valence-corrected chi connectivity index (χ3v) is 2.09. The van der Waals surface area contributed by atoms with E-state index in [0.717, 1.165) is 20.1 Å². The zero-order chi connectivity index (χ0) is 13.2. The second-order valence-corrected chi connectivity index (χ2v) is 3.34.